The smallest absolute Gasteiger partial charge is 0.165 e. The molecule has 17 heavy (non-hydrogen) atoms. The Morgan fingerprint density at radius 2 is 2.00 bits per heavy atom. The maximum absolute atomic E-state index is 13.5. The Morgan fingerprint density at radius 1 is 1.35 bits per heavy atom. The van der Waals surface area contributed by atoms with Crippen LogP contribution in [-0.4, -0.2) is 10.9 Å². The highest BCUT2D eigenvalue weighted by molar-refractivity contribution is 9.09. The molecule has 2 rings (SSSR count). The van der Waals surface area contributed by atoms with Crippen molar-refractivity contribution in [2.45, 2.75) is 44.0 Å². The molecule has 1 nitrogen and oxygen atoms in total. The molecule has 0 aliphatic heterocycles. The lowest BCUT2D eigenvalue weighted by Crippen LogP contribution is -2.56. The minimum Gasteiger partial charge on any atom is -0.487 e. The van der Waals surface area contributed by atoms with Crippen LogP contribution in [0.3, 0.4) is 0 Å². The van der Waals surface area contributed by atoms with Gasteiger partial charge in [-0.2, -0.15) is 0 Å². The summed E-state index contributed by atoms with van der Waals surface area (Å²) in [6, 6.07) is 6.64. The topological polar surface area (TPSA) is 9.23 Å². The number of rotatable bonds is 4. The van der Waals surface area contributed by atoms with Crippen molar-refractivity contribution in [3.63, 3.8) is 0 Å². The minimum atomic E-state index is -0.272. The predicted molar refractivity (Wildman–Crippen MR) is 71.2 cm³/mol. The molecule has 0 radical (unpaired) electrons. The van der Waals surface area contributed by atoms with Gasteiger partial charge in [-0.15, -0.1) is 0 Å². The number of hydrogen-bond donors (Lipinski definition) is 0. The number of ether oxygens (including phenoxy) is 1. The van der Waals surface area contributed by atoms with Gasteiger partial charge in [-0.1, -0.05) is 41.9 Å². The average molecular weight is 301 g/mol. The zero-order chi connectivity index (χ0) is 12.5. The van der Waals surface area contributed by atoms with Crippen molar-refractivity contribution in [3.8, 4) is 5.75 Å². The number of alkyl halides is 1. The Balaban J connectivity index is 2.13. The van der Waals surface area contributed by atoms with Crippen LogP contribution < -0.4 is 4.74 Å². The summed E-state index contributed by atoms with van der Waals surface area (Å²) >= 11 is 3.70. The third kappa shape index (κ3) is 2.10. The summed E-state index contributed by atoms with van der Waals surface area (Å²) in [7, 11) is 0. The van der Waals surface area contributed by atoms with Crippen molar-refractivity contribution in [2.75, 3.05) is 0 Å². The van der Waals surface area contributed by atoms with Crippen LogP contribution in [0, 0.1) is 11.2 Å². The molecule has 0 saturated heterocycles. The quantitative estimate of drug-likeness (QED) is 0.742. The highest BCUT2D eigenvalue weighted by Crippen LogP contribution is 2.52. The first-order valence-electron chi connectivity index (χ1n) is 6.19. The molecule has 0 bridgehead atoms. The predicted octanol–water partition coefficient (Wildman–Crippen LogP) is 4.55. The molecule has 0 aromatic heterocycles. The molecule has 0 N–H and O–H groups in total. The molecule has 0 spiro atoms. The van der Waals surface area contributed by atoms with Crippen molar-refractivity contribution in [3.05, 3.63) is 30.1 Å². The number of para-hydroxylation sites is 1. The molecule has 94 valence electrons. The third-order valence-electron chi connectivity index (χ3n) is 4.11. The fourth-order valence-electron chi connectivity index (χ4n) is 2.71. The van der Waals surface area contributed by atoms with Gasteiger partial charge in [0.05, 0.1) is 0 Å². The van der Waals surface area contributed by atoms with Crippen LogP contribution in [0.4, 0.5) is 4.39 Å². The van der Waals surface area contributed by atoms with E-state index in [1.165, 1.54) is 6.07 Å². The Labute approximate surface area is 110 Å². The highest BCUT2D eigenvalue weighted by Gasteiger charge is 2.53. The van der Waals surface area contributed by atoms with Crippen molar-refractivity contribution < 1.29 is 9.13 Å². The molecule has 0 amide bonds. The van der Waals surface area contributed by atoms with Crippen molar-refractivity contribution >= 4 is 15.9 Å². The zero-order valence-corrected chi connectivity index (χ0v) is 11.8. The Morgan fingerprint density at radius 3 is 2.53 bits per heavy atom. The van der Waals surface area contributed by atoms with E-state index in [9.17, 15) is 4.39 Å². The molecule has 3 heteroatoms. The van der Waals surface area contributed by atoms with Crippen molar-refractivity contribution in [2.24, 2.45) is 5.41 Å². The summed E-state index contributed by atoms with van der Waals surface area (Å²) < 4.78 is 19.4. The lowest BCUT2D eigenvalue weighted by atomic mass is 9.62. The monoisotopic (exact) mass is 300 g/mol. The highest BCUT2D eigenvalue weighted by atomic mass is 79.9. The molecule has 1 aliphatic rings. The van der Waals surface area contributed by atoms with Gasteiger partial charge >= 0.3 is 0 Å². The van der Waals surface area contributed by atoms with Crippen LogP contribution in [0.5, 0.6) is 5.75 Å². The molecule has 1 aliphatic carbocycles. The van der Waals surface area contributed by atoms with Gasteiger partial charge < -0.3 is 4.74 Å². The molecule has 1 fully saturated rings. The number of halogens is 2. The fourth-order valence-corrected chi connectivity index (χ4v) is 3.99. The van der Waals surface area contributed by atoms with E-state index >= 15 is 0 Å². The van der Waals surface area contributed by atoms with E-state index in [4.69, 9.17) is 4.74 Å². The second-order valence-corrected chi connectivity index (χ2v) is 5.79. The standard InChI is InChI=1S/C14H18BrFO/c1-3-14(4-2)12(15)9-13(14)17-11-8-6-5-7-10(11)16/h5-8,12-13H,3-4,9H2,1-2H3. The molecule has 0 heterocycles. The van der Waals surface area contributed by atoms with Crippen LogP contribution >= 0.6 is 15.9 Å². The minimum absolute atomic E-state index is 0.124. The Hall–Kier alpha value is -0.570. The lowest BCUT2D eigenvalue weighted by Gasteiger charge is -2.52. The van der Waals surface area contributed by atoms with Crippen LogP contribution in [0.1, 0.15) is 33.1 Å². The van der Waals surface area contributed by atoms with Gasteiger partial charge in [0, 0.05) is 10.2 Å². The first-order valence-corrected chi connectivity index (χ1v) is 7.11. The largest absolute Gasteiger partial charge is 0.487 e. The maximum Gasteiger partial charge on any atom is 0.165 e. The van der Waals surface area contributed by atoms with Gasteiger partial charge in [0.25, 0.3) is 0 Å². The van der Waals surface area contributed by atoms with E-state index in [1.54, 1.807) is 12.1 Å². The van der Waals surface area contributed by atoms with E-state index in [2.05, 4.69) is 29.8 Å². The van der Waals surface area contributed by atoms with Crippen molar-refractivity contribution in [1.82, 2.24) is 0 Å². The first-order chi connectivity index (χ1) is 8.14. The van der Waals surface area contributed by atoms with E-state index in [-0.39, 0.29) is 17.3 Å². The third-order valence-corrected chi connectivity index (χ3v) is 5.39. The van der Waals surface area contributed by atoms with Crippen LogP contribution in [0.2, 0.25) is 0 Å². The molecule has 2 unspecified atom stereocenters. The summed E-state index contributed by atoms with van der Waals surface area (Å²) in [5.74, 6) is 0.106. The summed E-state index contributed by atoms with van der Waals surface area (Å²) in [5, 5.41) is 0. The second kappa shape index (κ2) is 4.97. The maximum atomic E-state index is 13.5. The molecule has 1 aromatic rings. The lowest BCUT2D eigenvalue weighted by molar-refractivity contribution is -0.0429. The van der Waals surface area contributed by atoms with Gasteiger partial charge in [-0.05, 0) is 31.4 Å². The van der Waals surface area contributed by atoms with Gasteiger partial charge in [-0.25, -0.2) is 4.39 Å². The summed E-state index contributed by atoms with van der Waals surface area (Å²) in [4.78, 5) is 0.488. The zero-order valence-electron chi connectivity index (χ0n) is 10.2. The van der Waals surface area contributed by atoms with Crippen LogP contribution in [-0.2, 0) is 0 Å². The van der Waals surface area contributed by atoms with Crippen LogP contribution in [0.15, 0.2) is 24.3 Å². The molecule has 1 aromatic carbocycles. The SMILES string of the molecule is CCC1(CC)C(Br)CC1Oc1ccccc1F. The Bertz CT molecular complexity index is 390. The number of hydrogen-bond acceptors (Lipinski definition) is 1. The van der Waals surface area contributed by atoms with Gasteiger partial charge in [-0.3, -0.25) is 0 Å². The normalized spacial score (nSPS) is 26.4. The van der Waals surface area contributed by atoms with Crippen LogP contribution in [0.25, 0.3) is 0 Å². The summed E-state index contributed by atoms with van der Waals surface area (Å²) in [6.45, 7) is 4.35. The summed E-state index contributed by atoms with van der Waals surface area (Å²) in [6.07, 6.45) is 3.19. The first kappa shape index (κ1) is 12.9. The van der Waals surface area contributed by atoms with Gasteiger partial charge in [0.15, 0.2) is 11.6 Å². The summed E-state index contributed by atoms with van der Waals surface area (Å²) in [5.41, 5.74) is 0.155. The van der Waals surface area contributed by atoms with E-state index in [0.717, 1.165) is 19.3 Å². The fraction of sp³-hybridized carbons (Fsp3) is 0.571. The second-order valence-electron chi connectivity index (χ2n) is 4.68. The van der Waals surface area contributed by atoms with Gasteiger partial charge in [0.1, 0.15) is 6.10 Å². The van der Waals surface area contributed by atoms with E-state index in [0.29, 0.717) is 10.6 Å². The van der Waals surface area contributed by atoms with E-state index in [1.807, 2.05) is 6.07 Å². The molecular weight excluding hydrogens is 283 g/mol. The molecule has 1 saturated carbocycles. The van der Waals surface area contributed by atoms with Crippen molar-refractivity contribution in [1.29, 1.82) is 0 Å². The Kier molecular flexibility index (Phi) is 3.76. The van der Waals surface area contributed by atoms with E-state index < -0.39 is 0 Å². The van der Waals surface area contributed by atoms with Gasteiger partial charge in [0.2, 0.25) is 0 Å². The number of benzene rings is 1. The average Bonchev–Trinajstić information content (AvgIpc) is 2.33. The molecule has 2 atom stereocenters. The molecular formula is C14H18BrFO.